The van der Waals surface area contributed by atoms with Crippen LogP contribution in [0.1, 0.15) is 10.4 Å². The van der Waals surface area contributed by atoms with E-state index in [0.29, 0.717) is 11.4 Å². The van der Waals surface area contributed by atoms with Crippen molar-refractivity contribution >= 4 is 34.0 Å². The van der Waals surface area contributed by atoms with Crippen LogP contribution < -0.4 is 15.6 Å². The zero-order valence-corrected chi connectivity index (χ0v) is 14.2. The molecule has 0 saturated heterocycles. The van der Waals surface area contributed by atoms with Crippen molar-refractivity contribution in [1.29, 1.82) is 0 Å². The van der Waals surface area contributed by atoms with Gasteiger partial charge in [0.2, 0.25) is 0 Å². The van der Waals surface area contributed by atoms with Crippen LogP contribution in [0.4, 0.5) is 11.5 Å². The largest absolute Gasteiger partial charge is 0.493 e. The minimum Gasteiger partial charge on any atom is -0.493 e. The molecule has 0 bridgehead atoms. The maximum Gasteiger partial charge on any atom is 0.345 e. The van der Waals surface area contributed by atoms with Gasteiger partial charge in [-0.25, -0.2) is 9.78 Å². The standard InChI is InChI=1S/C19H14N4O4/c1-27-14-5-3-9-23-17(14)22-16(15(18(23)24)19(25)26)21-12-6-7-13-11(10-12)4-2-8-20-13/h2-10,21H,1H3,(H,25,26). The van der Waals surface area contributed by atoms with Gasteiger partial charge in [0.05, 0.1) is 12.6 Å². The molecular weight excluding hydrogens is 348 g/mol. The Morgan fingerprint density at radius 1 is 1.22 bits per heavy atom. The number of aromatic nitrogens is 3. The SMILES string of the molecule is COc1cccn2c(=O)c(C(=O)O)c(Nc3ccc4ncccc4c3)nc12. The number of carboxylic acids is 1. The van der Waals surface area contributed by atoms with Gasteiger partial charge in [-0.1, -0.05) is 6.07 Å². The van der Waals surface area contributed by atoms with Crippen LogP contribution in [0.15, 0.2) is 59.7 Å². The molecule has 27 heavy (non-hydrogen) atoms. The monoisotopic (exact) mass is 362 g/mol. The number of carbonyl (C=O) groups is 1. The highest BCUT2D eigenvalue weighted by Crippen LogP contribution is 2.24. The third kappa shape index (κ3) is 2.82. The van der Waals surface area contributed by atoms with Crippen molar-refractivity contribution in [1.82, 2.24) is 14.4 Å². The number of hydrogen-bond donors (Lipinski definition) is 2. The number of anilines is 2. The summed E-state index contributed by atoms with van der Waals surface area (Å²) in [7, 11) is 1.45. The molecule has 0 unspecified atom stereocenters. The fraction of sp³-hybridized carbons (Fsp3) is 0.0526. The van der Waals surface area contributed by atoms with E-state index in [1.807, 2.05) is 6.07 Å². The minimum atomic E-state index is -1.37. The summed E-state index contributed by atoms with van der Waals surface area (Å²) in [5, 5.41) is 13.4. The van der Waals surface area contributed by atoms with E-state index in [1.54, 1.807) is 42.6 Å². The first-order valence-electron chi connectivity index (χ1n) is 8.03. The van der Waals surface area contributed by atoms with E-state index in [1.165, 1.54) is 13.3 Å². The number of hydrogen-bond acceptors (Lipinski definition) is 6. The van der Waals surface area contributed by atoms with Crippen LogP contribution in [0, 0.1) is 0 Å². The number of aromatic carboxylic acids is 1. The van der Waals surface area contributed by atoms with Gasteiger partial charge >= 0.3 is 5.97 Å². The van der Waals surface area contributed by atoms with Gasteiger partial charge < -0.3 is 15.2 Å². The van der Waals surface area contributed by atoms with Gasteiger partial charge in [-0.2, -0.15) is 0 Å². The molecule has 0 aliphatic heterocycles. The van der Waals surface area contributed by atoms with E-state index in [-0.39, 0.29) is 11.5 Å². The number of rotatable bonds is 4. The van der Waals surface area contributed by atoms with E-state index in [4.69, 9.17) is 4.74 Å². The molecule has 4 aromatic rings. The number of methoxy groups -OCH3 is 1. The Hall–Kier alpha value is -3.94. The molecule has 0 saturated carbocycles. The van der Waals surface area contributed by atoms with Gasteiger partial charge in [0, 0.05) is 23.5 Å². The normalized spacial score (nSPS) is 10.9. The number of nitrogens with one attached hydrogen (secondary N) is 1. The second-order valence-electron chi connectivity index (χ2n) is 5.75. The Morgan fingerprint density at radius 3 is 2.85 bits per heavy atom. The first-order chi connectivity index (χ1) is 13.1. The number of benzene rings is 1. The van der Waals surface area contributed by atoms with E-state index in [0.717, 1.165) is 15.3 Å². The average Bonchev–Trinajstić information content (AvgIpc) is 2.67. The van der Waals surface area contributed by atoms with Crippen LogP contribution in [0.5, 0.6) is 5.75 Å². The fourth-order valence-corrected chi connectivity index (χ4v) is 2.87. The second kappa shape index (κ2) is 6.41. The molecule has 4 rings (SSSR count). The van der Waals surface area contributed by atoms with Gasteiger partial charge in [0.25, 0.3) is 5.56 Å². The number of ether oxygens (including phenoxy) is 1. The minimum absolute atomic E-state index is 0.0553. The molecule has 0 radical (unpaired) electrons. The summed E-state index contributed by atoms with van der Waals surface area (Å²) in [5.74, 6) is -1.06. The van der Waals surface area contributed by atoms with Crippen molar-refractivity contribution in [3.63, 3.8) is 0 Å². The van der Waals surface area contributed by atoms with Crippen LogP contribution in [0.2, 0.25) is 0 Å². The maximum atomic E-state index is 12.7. The van der Waals surface area contributed by atoms with Crippen LogP contribution in [-0.4, -0.2) is 32.6 Å². The third-order valence-electron chi connectivity index (χ3n) is 4.12. The second-order valence-corrected chi connectivity index (χ2v) is 5.75. The lowest BCUT2D eigenvalue weighted by Gasteiger charge is -2.12. The number of pyridine rings is 2. The van der Waals surface area contributed by atoms with Gasteiger partial charge in [0.1, 0.15) is 0 Å². The summed E-state index contributed by atoms with van der Waals surface area (Å²) in [6.45, 7) is 0. The highest BCUT2D eigenvalue weighted by atomic mass is 16.5. The van der Waals surface area contributed by atoms with Crippen molar-refractivity contribution in [2.75, 3.05) is 12.4 Å². The smallest absolute Gasteiger partial charge is 0.345 e. The van der Waals surface area contributed by atoms with Gasteiger partial charge in [-0.05, 0) is 36.4 Å². The zero-order valence-electron chi connectivity index (χ0n) is 14.2. The van der Waals surface area contributed by atoms with Crippen molar-refractivity contribution in [2.24, 2.45) is 0 Å². The highest BCUT2D eigenvalue weighted by molar-refractivity contribution is 5.94. The summed E-state index contributed by atoms with van der Waals surface area (Å²) in [5.41, 5.74) is 0.460. The van der Waals surface area contributed by atoms with Gasteiger partial charge in [0.15, 0.2) is 22.8 Å². The molecular formula is C19H14N4O4. The Bertz CT molecular complexity index is 1250. The Labute approximate surface area is 152 Å². The number of fused-ring (bicyclic) bond motifs is 2. The Morgan fingerprint density at radius 2 is 2.07 bits per heavy atom. The quantitative estimate of drug-likeness (QED) is 0.575. The first kappa shape index (κ1) is 16.5. The molecule has 0 atom stereocenters. The molecule has 8 nitrogen and oxygen atoms in total. The predicted octanol–water partition coefficient (Wildman–Crippen LogP) is 2.69. The van der Waals surface area contributed by atoms with E-state index in [2.05, 4.69) is 15.3 Å². The molecule has 134 valence electrons. The summed E-state index contributed by atoms with van der Waals surface area (Å²) < 4.78 is 6.39. The van der Waals surface area contributed by atoms with Crippen molar-refractivity contribution in [3.05, 3.63) is 70.8 Å². The molecule has 0 aliphatic rings. The first-order valence-corrected chi connectivity index (χ1v) is 8.03. The number of carboxylic acid groups (broad SMARTS) is 1. The van der Waals surface area contributed by atoms with Crippen LogP contribution in [-0.2, 0) is 0 Å². The Balaban J connectivity index is 1.92. The van der Waals surface area contributed by atoms with Crippen LogP contribution >= 0.6 is 0 Å². The summed E-state index contributed by atoms with van der Waals surface area (Å²) in [6.07, 6.45) is 3.14. The fourth-order valence-electron chi connectivity index (χ4n) is 2.87. The molecule has 0 fully saturated rings. The van der Waals surface area contributed by atoms with E-state index in [9.17, 15) is 14.7 Å². The molecule has 1 aromatic carbocycles. The molecule has 2 N–H and O–H groups in total. The lowest BCUT2D eigenvalue weighted by molar-refractivity contribution is 0.0695. The van der Waals surface area contributed by atoms with Crippen molar-refractivity contribution in [3.8, 4) is 5.75 Å². The maximum absolute atomic E-state index is 12.7. The zero-order chi connectivity index (χ0) is 19.0. The predicted molar refractivity (Wildman–Crippen MR) is 100.0 cm³/mol. The topological polar surface area (TPSA) is 106 Å². The molecule has 3 aromatic heterocycles. The number of nitrogens with zero attached hydrogens (tertiary/aromatic N) is 3. The van der Waals surface area contributed by atoms with Crippen molar-refractivity contribution < 1.29 is 14.6 Å². The van der Waals surface area contributed by atoms with Crippen molar-refractivity contribution in [2.45, 2.75) is 0 Å². The van der Waals surface area contributed by atoms with Crippen LogP contribution in [0.3, 0.4) is 0 Å². The van der Waals surface area contributed by atoms with Gasteiger partial charge in [-0.15, -0.1) is 0 Å². The molecule has 3 heterocycles. The lowest BCUT2D eigenvalue weighted by atomic mass is 10.2. The Kier molecular flexibility index (Phi) is 3.92. The van der Waals surface area contributed by atoms with Gasteiger partial charge in [-0.3, -0.25) is 14.2 Å². The molecule has 0 spiro atoms. The highest BCUT2D eigenvalue weighted by Gasteiger charge is 2.21. The summed E-state index contributed by atoms with van der Waals surface area (Å²) >= 11 is 0. The molecule has 0 amide bonds. The third-order valence-corrected chi connectivity index (χ3v) is 4.12. The summed E-state index contributed by atoms with van der Waals surface area (Å²) in [4.78, 5) is 33.0. The average molecular weight is 362 g/mol. The molecule has 8 heteroatoms. The van der Waals surface area contributed by atoms with E-state index < -0.39 is 17.1 Å². The molecule has 0 aliphatic carbocycles. The van der Waals surface area contributed by atoms with E-state index >= 15 is 0 Å². The summed E-state index contributed by atoms with van der Waals surface area (Å²) in [6, 6.07) is 12.3. The van der Waals surface area contributed by atoms with Crippen LogP contribution in [0.25, 0.3) is 16.6 Å². The lowest BCUT2D eigenvalue weighted by Crippen LogP contribution is -2.25.